The van der Waals surface area contributed by atoms with Crippen LogP contribution in [0.4, 0.5) is 0 Å². The zero-order valence-corrected chi connectivity index (χ0v) is 14.3. The SMILES string of the molecule is CC(=O)NCCNC(=O)C[C@H](c1ccccc1)c1cccc(Cl)c1. The summed E-state index contributed by atoms with van der Waals surface area (Å²) in [6.45, 7) is 2.29. The number of hydrogen-bond donors (Lipinski definition) is 2. The van der Waals surface area contributed by atoms with Gasteiger partial charge >= 0.3 is 0 Å². The number of nitrogens with one attached hydrogen (secondary N) is 2. The number of carbonyl (C=O) groups is 2. The molecule has 0 spiro atoms. The van der Waals surface area contributed by atoms with Gasteiger partial charge in [0.25, 0.3) is 0 Å². The highest BCUT2D eigenvalue weighted by Gasteiger charge is 2.18. The van der Waals surface area contributed by atoms with E-state index >= 15 is 0 Å². The number of amides is 2. The molecule has 2 aromatic carbocycles. The summed E-state index contributed by atoms with van der Waals surface area (Å²) in [4.78, 5) is 23.1. The smallest absolute Gasteiger partial charge is 0.221 e. The van der Waals surface area contributed by atoms with E-state index in [0.717, 1.165) is 11.1 Å². The standard InChI is InChI=1S/C19H21ClN2O2/c1-14(23)21-10-11-22-19(24)13-18(15-6-3-2-4-7-15)16-8-5-9-17(20)12-16/h2-9,12,18H,10-11,13H2,1H3,(H,21,23)(H,22,24)/t18-/m1/s1. The Morgan fingerprint density at radius 1 is 0.958 bits per heavy atom. The van der Waals surface area contributed by atoms with Crippen LogP contribution >= 0.6 is 11.6 Å². The molecule has 1 atom stereocenters. The highest BCUT2D eigenvalue weighted by atomic mass is 35.5. The molecule has 0 radical (unpaired) electrons. The van der Waals surface area contributed by atoms with Crippen LogP contribution in [0.3, 0.4) is 0 Å². The van der Waals surface area contributed by atoms with Gasteiger partial charge in [0.1, 0.15) is 0 Å². The molecule has 0 saturated carbocycles. The number of hydrogen-bond acceptors (Lipinski definition) is 2. The molecule has 126 valence electrons. The molecule has 0 bridgehead atoms. The second-order valence-electron chi connectivity index (χ2n) is 5.56. The van der Waals surface area contributed by atoms with E-state index in [2.05, 4.69) is 10.6 Å². The van der Waals surface area contributed by atoms with Gasteiger partial charge in [-0.25, -0.2) is 0 Å². The summed E-state index contributed by atoms with van der Waals surface area (Å²) in [6, 6.07) is 17.5. The third-order valence-electron chi connectivity index (χ3n) is 3.66. The zero-order chi connectivity index (χ0) is 17.4. The van der Waals surface area contributed by atoms with Crippen molar-refractivity contribution >= 4 is 23.4 Å². The fourth-order valence-electron chi connectivity index (χ4n) is 2.53. The largest absolute Gasteiger partial charge is 0.355 e. The first kappa shape index (κ1) is 18.0. The summed E-state index contributed by atoms with van der Waals surface area (Å²) in [5, 5.41) is 6.14. The first-order chi connectivity index (χ1) is 11.6. The lowest BCUT2D eigenvalue weighted by atomic mass is 9.88. The average molecular weight is 345 g/mol. The lowest BCUT2D eigenvalue weighted by molar-refractivity contribution is -0.122. The van der Waals surface area contributed by atoms with Crippen LogP contribution in [0.5, 0.6) is 0 Å². The van der Waals surface area contributed by atoms with Crippen LogP contribution in [0.25, 0.3) is 0 Å². The Morgan fingerprint density at radius 3 is 2.29 bits per heavy atom. The minimum atomic E-state index is -0.106. The van der Waals surface area contributed by atoms with Gasteiger partial charge in [0.2, 0.25) is 11.8 Å². The molecule has 0 aliphatic carbocycles. The molecular weight excluding hydrogens is 324 g/mol. The van der Waals surface area contributed by atoms with Crippen LogP contribution in [0.15, 0.2) is 54.6 Å². The van der Waals surface area contributed by atoms with E-state index in [9.17, 15) is 9.59 Å². The van der Waals surface area contributed by atoms with E-state index in [0.29, 0.717) is 24.5 Å². The van der Waals surface area contributed by atoms with Crippen LogP contribution in [0.1, 0.15) is 30.4 Å². The van der Waals surface area contributed by atoms with Crippen molar-refractivity contribution in [3.63, 3.8) is 0 Å². The van der Waals surface area contributed by atoms with Crippen LogP contribution in [-0.2, 0) is 9.59 Å². The summed E-state index contributed by atoms with van der Waals surface area (Å²) in [6.07, 6.45) is 0.324. The molecule has 5 heteroatoms. The predicted molar refractivity (Wildman–Crippen MR) is 96.0 cm³/mol. The highest BCUT2D eigenvalue weighted by Crippen LogP contribution is 2.29. The summed E-state index contributed by atoms with van der Waals surface area (Å²) in [5.74, 6) is -0.231. The van der Waals surface area contributed by atoms with Crippen molar-refractivity contribution in [1.82, 2.24) is 10.6 Å². The maximum Gasteiger partial charge on any atom is 0.221 e. The first-order valence-corrected chi connectivity index (χ1v) is 8.25. The fourth-order valence-corrected chi connectivity index (χ4v) is 2.73. The van der Waals surface area contributed by atoms with Crippen molar-refractivity contribution in [1.29, 1.82) is 0 Å². The van der Waals surface area contributed by atoms with Crippen LogP contribution in [0, 0.1) is 0 Å². The van der Waals surface area contributed by atoms with Gasteiger partial charge in [-0.3, -0.25) is 9.59 Å². The fraction of sp³-hybridized carbons (Fsp3) is 0.263. The van der Waals surface area contributed by atoms with Gasteiger partial charge in [-0.15, -0.1) is 0 Å². The van der Waals surface area contributed by atoms with Crippen molar-refractivity contribution < 1.29 is 9.59 Å². The lowest BCUT2D eigenvalue weighted by Gasteiger charge is -2.18. The third kappa shape index (κ3) is 5.70. The highest BCUT2D eigenvalue weighted by molar-refractivity contribution is 6.30. The topological polar surface area (TPSA) is 58.2 Å². The van der Waals surface area contributed by atoms with Crippen molar-refractivity contribution in [3.05, 3.63) is 70.7 Å². The monoisotopic (exact) mass is 344 g/mol. The van der Waals surface area contributed by atoms with E-state index in [1.165, 1.54) is 6.92 Å². The molecule has 0 unspecified atom stereocenters. The number of halogens is 1. The molecule has 0 aliphatic rings. The third-order valence-corrected chi connectivity index (χ3v) is 3.90. The second kappa shape index (κ2) is 9.08. The molecular formula is C19H21ClN2O2. The Labute approximate surface area is 147 Å². The Bertz CT molecular complexity index is 689. The van der Waals surface area contributed by atoms with E-state index in [1.54, 1.807) is 0 Å². The predicted octanol–water partition coefficient (Wildman–Crippen LogP) is 3.11. The van der Waals surface area contributed by atoms with Crippen LogP contribution in [0.2, 0.25) is 5.02 Å². The second-order valence-corrected chi connectivity index (χ2v) is 5.99. The molecule has 2 N–H and O–H groups in total. The Balaban J connectivity index is 2.07. The van der Waals surface area contributed by atoms with Gasteiger partial charge < -0.3 is 10.6 Å². The van der Waals surface area contributed by atoms with Crippen molar-refractivity contribution in [2.24, 2.45) is 0 Å². The molecule has 0 aromatic heterocycles. The summed E-state index contributed by atoms with van der Waals surface area (Å²) in [5.41, 5.74) is 2.07. The van der Waals surface area contributed by atoms with Gasteiger partial charge in [-0.2, -0.15) is 0 Å². The van der Waals surface area contributed by atoms with Crippen molar-refractivity contribution in [2.75, 3.05) is 13.1 Å². The van der Waals surface area contributed by atoms with Gasteiger partial charge in [-0.05, 0) is 23.3 Å². The minimum absolute atomic E-state index is 0.0609. The van der Waals surface area contributed by atoms with E-state index in [4.69, 9.17) is 11.6 Å². The quantitative estimate of drug-likeness (QED) is 0.758. The Morgan fingerprint density at radius 2 is 1.62 bits per heavy atom. The van der Waals surface area contributed by atoms with Gasteiger partial charge in [-0.1, -0.05) is 54.1 Å². The molecule has 2 aromatic rings. The number of benzene rings is 2. The van der Waals surface area contributed by atoms with E-state index in [1.807, 2.05) is 54.6 Å². The molecule has 24 heavy (non-hydrogen) atoms. The molecule has 2 amide bonds. The first-order valence-electron chi connectivity index (χ1n) is 7.88. The van der Waals surface area contributed by atoms with Crippen molar-refractivity contribution in [3.8, 4) is 0 Å². The zero-order valence-electron chi connectivity index (χ0n) is 13.6. The normalized spacial score (nSPS) is 11.6. The summed E-state index contributed by atoms with van der Waals surface area (Å²) >= 11 is 6.10. The Hall–Kier alpha value is -2.33. The number of carbonyl (C=O) groups excluding carboxylic acids is 2. The maximum atomic E-state index is 12.3. The van der Waals surface area contributed by atoms with Gasteiger partial charge in [0, 0.05) is 37.4 Å². The van der Waals surface area contributed by atoms with Crippen molar-refractivity contribution in [2.45, 2.75) is 19.3 Å². The lowest BCUT2D eigenvalue weighted by Crippen LogP contribution is -2.34. The number of rotatable bonds is 7. The molecule has 2 rings (SSSR count). The molecule has 4 nitrogen and oxygen atoms in total. The van der Waals surface area contributed by atoms with Gasteiger partial charge in [0.15, 0.2) is 0 Å². The average Bonchev–Trinajstić information content (AvgIpc) is 2.57. The molecule has 0 heterocycles. The summed E-state index contributed by atoms with van der Waals surface area (Å²) in [7, 11) is 0. The maximum absolute atomic E-state index is 12.3. The minimum Gasteiger partial charge on any atom is -0.355 e. The van der Waals surface area contributed by atoms with Crippen LogP contribution in [-0.4, -0.2) is 24.9 Å². The van der Waals surface area contributed by atoms with E-state index < -0.39 is 0 Å². The van der Waals surface area contributed by atoms with Crippen LogP contribution < -0.4 is 10.6 Å². The molecule has 0 fully saturated rings. The molecule has 0 aliphatic heterocycles. The Kier molecular flexibility index (Phi) is 6.82. The van der Waals surface area contributed by atoms with Gasteiger partial charge in [0.05, 0.1) is 0 Å². The molecule has 0 saturated heterocycles. The summed E-state index contributed by atoms with van der Waals surface area (Å²) < 4.78 is 0. The van der Waals surface area contributed by atoms with E-state index in [-0.39, 0.29) is 17.7 Å².